The summed E-state index contributed by atoms with van der Waals surface area (Å²) in [7, 11) is 0. The number of non-ortho nitro benzene ring substituents is 1. The van der Waals surface area contributed by atoms with Gasteiger partial charge in [0.05, 0.1) is 15.6 Å². The number of nitro benzene ring substituents is 1. The molecule has 0 bridgehead atoms. The van der Waals surface area contributed by atoms with Gasteiger partial charge in [-0.3, -0.25) is 10.1 Å². The molecule has 1 aromatic carbocycles. The van der Waals surface area contributed by atoms with Crippen LogP contribution in [0.3, 0.4) is 0 Å². The third-order valence-electron chi connectivity index (χ3n) is 3.58. The Labute approximate surface area is 103 Å². The predicted molar refractivity (Wildman–Crippen MR) is 65.4 cm³/mol. The topological polar surface area (TPSA) is 67.2 Å². The van der Waals surface area contributed by atoms with Crippen LogP contribution < -0.4 is 10.6 Å². The van der Waals surface area contributed by atoms with E-state index >= 15 is 0 Å². The number of piperidine rings is 1. The zero-order chi connectivity index (χ0) is 12.0. The van der Waals surface area contributed by atoms with E-state index in [9.17, 15) is 10.1 Å². The Morgan fingerprint density at radius 3 is 2.71 bits per heavy atom. The number of nitrogens with one attached hydrogen (secondary N) is 2. The molecule has 2 N–H and O–H groups in total. The summed E-state index contributed by atoms with van der Waals surface area (Å²) < 4.78 is 0. The number of rotatable bonds is 3. The zero-order valence-corrected chi connectivity index (χ0v) is 9.78. The van der Waals surface area contributed by atoms with Gasteiger partial charge in [0.2, 0.25) is 0 Å². The molecule has 1 saturated carbocycles. The second-order valence-electron chi connectivity index (χ2n) is 4.58. The Hall–Kier alpha value is -1.33. The molecule has 2 unspecified atom stereocenters. The van der Waals surface area contributed by atoms with Gasteiger partial charge in [0.1, 0.15) is 0 Å². The van der Waals surface area contributed by atoms with E-state index in [0.29, 0.717) is 22.9 Å². The normalized spacial score (nSPS) is 29.8. The Morgan fingerprint density at radius 1 is 1.41 bits per heavy atom. The molecule has 1 aliphatic heterocycles. The second-order valence-corrected chi connectivity index (χ2v) is 4.98. The van der Waals surface area contributed by atoms with Gasteiger partial charge in [-0.05, 0) is 17.9 Å². The van der Waals surface area contributed by atoms with Crippen molar-refractivity contribution in [2.45, 2.75) is 6.04 Å². The predicted octanol–water partition coefficient (Wildman–Crippen LogP) is 1.88. The molecule has 1 aliphatic carbocycles. The van der Waals surface area contributed by atoms with Gasteiger partial charge in [-0.15, -0.1) is 0 Å². The first-order valence-electron chi connectivity index (χ1n) is 5.58. The quantitative estimate of drug-likeness (QED) is 0.638. The van der Waals surface area contributed by atoms with E-state index in [-0.39, 0.29) is 5.69 Å². The number of hydrogen-bond acceptors (Lipinski definition) is 4. The summed E-state index contributed by atoms with van der Waals surface area (Å²) in [6.45, 7) is 2.10. The standard InChI is InChI=1S/C11H12ClN3O2/c12-9-3-6(15(16)17)1-2-10(9)14-11-7-4-13-5-8(7)11/h1-3,7-8,11,13-14H,4-5H2. The lowest BCUT2D eigenvalue weighted by molar-refractivity contribution is -0.384. The molecule has 5 nitrogen and oxygen atoms in total. The SMILES string of the molecule is O=[N+]([O-])c1ccc(NC2C3CNCC32)c(Cl)c1. The summed E-state index contributed by atoms with van der Waals surface area (Å²) in [5, 5.41) is 17.7. The summed E-state index contributed by atoms with van der Waals surface area (Å²) in [5.74, 6) is 1.36. The van der Waals surface area contributed by atoms with Crippen molar-refractivity contribution >= 4 is 23.0 Å². The maximum Gasteiger partial charge on any atom is 0.271 e. The molecule has 3 rings (SSSR count). The number of fused-ring (bicyclic) bond motifs is 1. The lowest BCUT2D eigenvalue weighted by Gasteiger charge is -2.10. The van der Waals surface area contributed by atoms with E-state index in [0.717, 1.165) is 18.8 Å². The largest absolute Gasteiger partial charge is 0.380 e. The van der Waals surface area contributed by atoms with Crippen LogP contribution in [-0.2, 0) is 0 Å². The van der Waals surface area contributed by atoms with Crippen molar-refractivity contribution in [2.75, 3.05) is 18.4 Å². The fourth-order valence-electron chi connectivity index (χ4n) is 2.55. The van der Waals surface area contributed by atoms with Gasteiger partial charge in [-0.2, -0.15) is 0 Å². The van der Waals surface area contributed by atoms with Gasteiger partial charge in [0, 0.05) is 31.3 Å². The van der Waals surface area contributed by atoms with Crippen LogP contribution in [0.25, 0.3) is 0 Å². The van der Waals surface area contributed by atoms with E-state index in [1.54, 1.807) is 6.07 Å². The molecule has 0 radical (unpaired) electrons. The van der Waals surface area contributed by atoms with Crippen molar-refractivity contribution in [3.63, 3.8) is 0 Å². The molecule has 1 heterocycles. The molecule has 1 saturated heterocycles. The monoisotopic (exact) mass is 253 g/mol. The molecule has 2 aliphatic rings. The summed E-state index contributed by atoms with van der Waals surface area (Å²) in [6.07, 6.45) is 0. The molecule has 6 heteroatoms. The molecular weight excluding hydrogens is 242 g/mol. The van der Waals surface area contributed by atoms with Crippen LogP contribution in [-0.4, -0.2) is 24.1 Å². The van der Waals surface area contributed by atoms with Crippen LogP contribution in [0.4, 0.5) is 11.4 Å². The van der Waals surface area contributed by atoms with E-state index in [2.05, 4.69) is 10.6 Å². The van der Waals surface area contributed by atoms with Gasteiger partial charge < -0.3 is 10.6 Å². The molecule has 0 spiro atoms. The molecule has 1 aromatic rings. The lowest BCUT2D eigenvalue weighted by Crippen LogP contribution is -2.21. The molecule has 90 valence electrons. The number of benzene rings is 1. The van der Waals surface area contributed by atoms with Crippen LogP contribution in [0, 0.1) is 22.0 Å². The average molecular weight is 254 g/mol. The highest BCUT2D eigenvalue weighted by Gasteiger charge is 2.53. The highest BCUT2D eigenvalue weighted by atomic mass is 35.5. The number of halogens is 1. The average Bonchev–Trinajstić information content (AvgIpc) is 2.74. The zero-order valence-electron chi connectivity index (χ0n) is 9.02. The van der Waals surface area contributed by atoms with E-state index in [1.807, 2.05) is 0 Å². The Morgan fingerprint density at radius 2 is 2.12 bits per heavy atom. The summed E-state index contributed by atoms with van der Waals surface area (Å²) in [5.41, 5.74) is 0.815. The third-order valence-corrected chi connectivity index (χ3v) is 3.89. The van der Waals surface area contributed by atoms with Crippen LogP contribution in [0.15, 0.2) is 18.2 Å². The summed E-state index contributed by atoms with van der Waals surface area (Å²) >= 11 is 6.02. The van der Waals surface area contributed by atoms with E-state index in [4.69, 9.17) is 11.6 Å². The fourth-order valence-corrected chi connectivity index (χ4v) is 2.78. The molecule has 17 heavy (non-hydrogen) atoms. The first-order chi connectivity index (χ1) is 8.16. The van der Waals surface area contributed by atoms with Gasteiger partial charge in [0.25, 0.3) is 5.69 Å². The molecule has 2 fully saturated rings. The number of hydrogen-bond donors (Lipinski definition) is 2. The number of anilines is 1. The van der Waals surface area contributed by atoms with Crippen LogP contribution >= 0.6 is 11.6 Å². The number of nitro groups is 1. The summed E-state index contributed by atoms with van der Waals surface area (Å²) in [4.78, 5) is 10.1. The molecule has 0 amide bonds. The highest BCUT2D eigenvalue weighted by Crippen LogP contribution is 2.44. The Kier molecular flexibility index (Phi) is 2.45. The van der Waals surface area contributed by atoms with Crippen molar-refractivity contribution in [2.24, 2.45) is 11.8 Å². The maximum atomic E-state index is 10.6. The maximum absolute atomic E-state index is 10.6. The minimum atomic E-state index is -0.439. The van der Waals surface area contributed by atoms with Crippen LogP contribution in [0.2, 0.25) is 5.02 Å². The highest BCUT2D eigenvalue weighted by molar-refractivity contribution is 6.33. The van der Waals surface area contributed by atoms with Gasteiger partial charge in [-0.1, -0.05) is 11.6 Å². The van der Waals surface area contributed by atoms with Crippen molar-refractivity contribution in [3.8, 4) is 0 Å². The minimum absolute atomic E-state index is 0.0261. The first kappa shape index (κ1) is 10.8. The molecule has 2 atom stereocenters. The smallest absolute Gasteiger partial charge is 0.271 e. The third kappa shape index (κ3) is 1.85. The van der Waals surface area contributed by atoms with Crippen LogP contribution in [0.1, 0.15) is 0 Å². The Bertz CT molecular complexity index is 470. The van der Waals surface area contributed by atoms with E-state index < -0.39 is 4.92 Å². The minimum Gasteiger partial charge on any atom is -0.380 e. The lowest BCUT2D eigenvalue weighted by atomic mass is 10.2. The van der Waals surface area contributed by atoms with Crippen molar-refractivity contribution < 1.29 is 4.92 Å². The summed E-state index contributed by atoms with van der Waals surface area (Å²) in [6, 6.07) is 5.02. The number of nitrogens with zero attached hydrogens (tertiary/aromatic N) is 1. The second kappa shape index (κ2) is 3.85. The fraction of sp³-hybridized carbons (Fsp3) is 0.455. The van der Waals surface area contributed by atoms with Gasteiger partial charge in [0.15, 0.2) is 0 Å². The van der Waals surface area contributed by atoms with Crippen LogP contribution in [0.5, 0.6) is 0 Å². The molecular formula is C11H12ClN3O2. The van der Waals surface area contributed by atoms with E-state index in [1.165, 1.54) is 12.1 Å². The van der Waals surface area contributed by atoms with Crippen molar-refractivity contribution in [3.05, 3.63) is 33.3 Å². The van der Waals surface area contributed by atoms with Gasteiger partial charge >= 0.3 is 0 Å². The van der Waals surface area contributed by atoms with Crippen molar-refractivity contribution in [1.29, 1.82) is 0 Å². The first-order valence-corrected chi connectivity index (χ1v) is 5.96. The Balaban J connectivity index is 1.73. The van der Waals surface area contributed by atoms with Crippen molar-refractivity contribution in [1.82, 2.24) is 5.32 Å². The van der Waals surface area contributed by atoms with Gasteiger partial charge in [-0.25, -0.2) is 0 Å². The molecule has 0 aromatic heterocycles.